The highest BCUT2D eigenvalue weighted by Crippen LogP contribution is 2.48. The van der Waals surface area contributed by atoms with Gasteiger partial charge in [0, 0.05) is 81.2 Å². The van der Waals surface area contributed by atoms with E-state index in [0.29, 0.717) is 38.1 Å². The summed E-state index contributed by atoms with van der Waals surface area (Å²) in [5.74, 6) is 5.61. The zero-order chi connectivity index (χ0) is 55.9. The van der Waals surface area contributed by atoms with Gasteiger partial charge in [-0.15, -0.1) is 0 Å². The normalized spacial score (nSPS) is 22.7. The number of nitrogens with zero attached hydrogens (tertiary/aromatic N) is 13. The number of ether oxygens (including phenoxy) is 3. The molecule has 0 amide bonds. The Bertz CT molecular complexity index is 3320. The molecule has 8 heterocycles. The SMILES string of the molecule is Cc1ccc(C(C)(C)C)cc1N=C1N=C(N2CCN(c3ccc4c(c3)OCCO4)CC2)N2CC23N=CN(CCOc2ccc(N4CCN(C5=Nc6ncn(C(C)C)c6C(Nc6cc(C(C)(C)C)ccc6C)C=N5)CC4(C)C)cc2)C13. The fraction of sp³-hybridized carbons (Fsp3) is 0.492. The third-order valence-corrected chi connectivity index (χ3v) is 17.0. The van der Waals surface area contributed by atoms with Crippen molar-refractivity contribution in [1.29, 1.82) is 0 Å². The number of hydrogen-bond donors (Lipinski definition) is 1. The Balaban J connectivity index is 0.715. The van der Waals surface area contributed by atoms with Gasteiger partial charge in [-0.2, -0.15) is 9.98 Å². The number of fused-ring (bicyclic) bond motifs is 2. The van der Waals surface area contributed by atoms with Crippen LogP contribution in [0.4, 0.5) is 28.6 Å². The molecule has 0 aliphatic carbocycles. The van der Waals surface area contributed by atoms with Crippen molar-refractivity contribution in [2.75, 3.05) is 93.8 Å². The molecule has 17 nitrogen and oxygen atoms in total. The minimum atomic E-state index is -0.455. The monoisotopic (exact) mass is 1080 g/mol. The molecule has 5 aromatic rings. The molecule has 17 heteroatoms. The molecule has 7 aliphatic heterocycles. The van der Waals surface area contributed by atoms with Gasteiger partial charge in [0.25, 0.3) is 0 Å². The summed E-state index contributed by atoms with van der Waals surface area (Å²) >= 11 is 0. The van der Waals surface area contributed by atoms with Gasteiger partial charge in [-0.1, -0.05) is 65.8 Å². The third kappa shape index (κ3) is 10.1. The van der Waals surface area contributed by atoms with Gasteiger partial charge in [-0.3, -0.25) is 0 Å². The highest BCUT2D eigenvalue weighted by molar-refractivity contribution is 6.07. The van der Waals surface area contributed by atoms with Gasteiger partial charge in [0.1, 0.15) is 37.7 Å². The summed E-state index contributed by atoms with van der Waals surface area (Å²) < 4.78 is 20.5. The lowest BCUT2D eigenvalue weighted by Gasteiger charge is -2.48. The number of amidine groups is 1. The maximum absolute atomic E-state index is 6.54. The maximum atomic E-state index is 6.54. The molecule has 0 bridgehead atoms. The van der Waals surface area contributed by atoms with Gasteiger partial charge in [0.2, 0.25) is 11.9 Å². The van der Waals surface area contributed by atoms with Crippen molar-refractivity contribution in [2.24, 2.45) is 25.0 Å². The number of hydrogen-bond acceptors (Lipinski definition) is 15. The van der Waals surface area contributed by atoms with Crippen LogP contribution in [0.2, 0.25) is 0 Å². The van der Waals surface area contributed by atoms with E-state index >= 15 is 0 Å². The van der Waals surface area contributed by atoms with E-state index in [4.69, 9.17) is 44.2 Å². The molecule has 1 aromatic heterocycles. The number of piperazine rings is 2. The highest BCUT2D eigenvalue weighted by Gasteiger charge is 2.68. The lowest BCUT2D eigenvalue weighted by molar-refractivity contribution is 0.171. The van der Waals surface area contributed by atoms with Crippen LogP contribution in [-0.4, -0.2) is 155 Å². The maximum Gasteiger partial charge on any atom is 0.227 e. The number of benzene rings is 4. The molecule has 3 atom stereocenters. The minimum Gasteiger partial charge on any atom is -0.492 e. The fourth-order valence-electron chi connectivity index (χ4n) is 12.1. The summed E-state index contributed by atoms with van der Waals surface area (Å²) in [5, 5.41) is 3.84. The van der Waals surface area contributed by atoms with E-state index < -0.39 is 5.66 Å². The molecule has 7 aliphatic rings. The molecule has 0 saturated carbocycles. The van der Waals surface area contributed by atoms with Crippen molar-refractivity contribution in [3.8, 4) is 17.2 Å². The van der Waals surface area contributed by atoms with Crippen LogP contribution in [0.15, 0.2) is 110 Å². The van der Waals surface area contributed by atoms with Gasteiger partial charge in [-0.05, 0) is 123 Å². The molecular weight excluding hydrogens is 1000 g/mol. The largest absolute Gasteiger partial charge is 0.492 e. The van der Waals surface area contributed by atoms with Crippen LogP contribution in [0, 0.1) is 13.8 Å². The Labute approximate surface area is 472 Å². The number of nitrogens with one attached hydrogen (secondary N) is 1. The van der Waals surface area contributed by atoms with Crippen LogP contribution in [0.1, 0.15) is 109 Å². The zero-order valence-electron chi connectivity index (χ0n) is 49.0. The van der Waals surface area contributed by atoms with Crippen LogP contribution in [0.25, 0.3) is 0 Å². The van der Waals surface area contributed by atoms with Gasteiger partial charge < -0.3 is 53.5 Å². The van der Waals surface area contributed by atoms with Crippen molar-refractivity contribution in [2.45, 2.75) is 123 Å². The number of aryl methyl sites for hydroxylation is 2. The second-order valence-corrected chi connectivity index (χ2v) is 25.6. The van der Waals surface area contributed by atoms with E-state index in [1.807, 2.05) is 24.9 Å². The number of aliphatic imine (C=N–C) groups is 5. The molecule has 4 aromatic carbocycles. The van der Waals surface area contributed by atoms with Gasteiger partial charge in [0.15, 0.2) is 28.8 Å². The summed E-state index contributed by atoms with van der Waals surface area (Å²) in [6.45, 7) is 35.5. The van der Waals surface area contributed by atoms with Crippen molar-refractivity contribution in [3.05, 3.63) is 113 Å². The summed E-state index contributed by atoms with van der Waals surface area (Å²) in [7, 11) is 0. The van der Waals surface area contributed by atoms with E-state index in [1.54, 1.807) is 0 Å². The number of imidazole rings is 1. The van der Waals surface area contributed by atoms with Crippen LogP contribution < -0.4 is 29.3 Å². The lowest BCUT2D eigenvalue weighted by atomic mass is 9.86. The third-order valence-electron chi connectivity index (χ3n) is 17.0. The van der Waals surface area contributed by atoms with Crippen LogP contribution >= 0.6 is 0 Å². The number of anilines is 3. The molecule has 0 radical (unpaired) electrons. The highest BCUT2D eigenvalue weighted by atomic mass is 16.6. The van der Waals surface area contributed by atoms with Crippen LogP contribution in [0.5, 0.6) is 17.2 Å². The first kappa shape index (κ1) is 53.1. The molecule has 3 saturated heterocycles. The van der Waals surface area contributed by atoms with Crippen molar-refractivity contribution < 1.29 is 14.2 Å². The Hall–Kier alpha value is -7.56. The second kappa shape index (κ2) is 20.2. The summed E-state index contributed by atoms with van der Waals surface area (Å²) in [5.41, 5.74) is 9.51. The van der Waals surface area contributed by atoms with Gasteiger partial charge in [0.05, 0.1) is 42.7 Å². The molecule has 3 fully saturated rings. The molecule has 12 rings (SSSR count). The average Bonchev–Trinajstić information content (AvgIpc) is 2.07. The average molecular weight is 1080 g/mol. The lowest BCUT2D eigenvalue weighted by Crippen LogP contribution is -2.60. The summed E-state index contributed by atoms with van der Waals surface area (Å²) in [6, 6.07) is 28.1. The first-order valence-corrected chi connectivity index (χ1v) is 28.8. The molecule has 1 N–H and O–H groups in total. The predicted octanol–water partition coefficient (Wildman–Crippen LogP) is 10.3. The molecular formula is C63H80N14O3. The van der Waals surface area contributed by atoms with Crippen LogP contribution in [-0.2, 0) is 10.8 Å². The topological polar surface area (TPSA) is 139 Å². The Morgan fingerprint density at radius 1 is 0.738 bits per heavy atom. The smallest absolute Gasteiger partial charge is 0.227 e. The van der Waals surface area contributed by atoms with E-state index in [0.717, 1.165) is 115 Å². The standard InChI is InChI=1S/C63H80N14O3/c1-41(2)75-39-65-56-54(75)51(67-49-33-44(60(5,6)7)15-13-42(49)3)36-64-58(69-56)73-27-28-76(62(11,12)37-73)46-17-20-48(21-18-46)78-30-29-74-40-66-63-38-77(63)59(70-57(55(63)74)68-50-34-45(61(8,9)10)16-14-43(50)4)72-25-23-71(24-26-72)47-19-22-52-53(35-47)80-32-31-79-52/h13-22,33-36,39-41,51,55,67H,23-32,37-38H2,1-12H3. The summed E-state index contributed by atoms with van der Waals surface area (Å²) in [4.78, 5) is 45.7. The Morgan fingerprint density at radius 2 is 1.43 bits per heavy atom. The minimum absolute atomic E-state index is 0.0218. The number of guanidine groups is 2. The van der Waals surface area contributed by atoms with Crippen molar-refractivity contribution in [1.82, 2.24) is 29.2 Å². The predicted molar refractivity (Wildman–Crippen MR) is 323 cm³/mol. The van der Waals surface area contributed by atoms with Crippen molar-refractivity contribution in [3.63, 3.8) is 0 Å². The molecule has 420 valence electrons. The van der Waals surface area contributed by atoms with Crippen molar-refractivity contribution >= 4 is 58.9 Å². The van der Waals surface area contributed by atoms with E-state index in [2.05, 4.69) is 195 Å². The molecule has 1 spiro atoms. The van der Waals surface area contributed by atoms with E-state index in [1.165, 1.54) is 16.7 Å². The Morgan fingerprint density at radius 3 is 2.15 bits per heavy atom. The Kier molecular flexibility index (Phi) is 13.4. The fourth-order valence-corrected chi connectivity index (χ4v) is 12.1. The quantitative estimate of drug-likeness (QED) is 0.134. The molecule has 80 heavy (non-hydrogen) atoms. The van der Waals surface area contributed by atoms with Crippen LogP contribution in [0.3, 0.4) is 0 Å². The second-order valence-electron chi connectivity index (χ2n) is 25.6. The van der Waals surface area contributed by atoms with Gasteiger partial charge >= 0.3 is 0 Å². The van der Waals surface area contributed by atoms with E-state index in [9.17, 15) is 0 Å². The number of rotatable bonds is 10. The zero-order valence-corrected chi connectivity index (χ0v) is 49.0. The first-order valence-electron chi connectivity index (χ1n) is 28.8. The van der Waals surface area contributed by atoms with E-state index in [-0.39, 0.29) is 34.5 Å². The summed E-state index contributed by atoms with van der Waals surface area (Å²) in [6.07, 6.45) is 5.95. The first-order chi connectivity index (χ1) is 38.2. The molecule has 3 unspecified atom stereocenters. The van der Waals surface area contributed by atoms with Gasteiger partial charge in [-0.25, -0.2) is 20.0 Å². The number of aromatic nitrogens is 2.